The number of carbonyl (C=O) groups is 1. The first kappa shape index (κ1) is 17.8. The largest absolute Gasteiger partial charge is 0.492 e. The molecule has 1 fully saturated rings. The van der Waals surface area contributed by atoms with Gasteiger partial charge in [0, 0.05) is 44.7 Å². The van der Waals surface area contributed by atoms with E-state index in [9.17, 15) is 4.79 Å². The number of nitrogens with zero attached hydrogens (tertiary/aromatic N) is 3. The number of hydrogen-bond donors (Lipinski definition) is 0. The molecule has 0 radical (unpaired) electrons. The molecular weight excluding hydrogens is 358 g/mol. The van der Waals surface area contributed by atoms with Crippen molar-refractivity contribution in [3.8, 4) is 11.8 Å². The van der Waals surface area contributed by atoms with Crippen molar-refractivity contribution in [1.29, 1.82) is 5.26 Å². The van der Waals surface area contributed by atoms with Crippen LogP contribution in [0.5, 0.6) is 5.75 Å². The van der Waals surface area contributed by atoms with Crippen molar-refractivity contribution < 1.29 is 9.53 Å². The average molecular weight is 380 g/mol. The van der Waals surface area contributed by atoms with E-state index in [0.29, 0.717) is 31.7 Å². The van der Waals surface area contributed by atoms with Crippen LogP contribution in [-0.2, 0) is 0 Å². The molecule has 124 valence electrons. The Balaban J connectivity index is 1.93. The van der Waals surface area contributed by atoms with Crippen molar-refractivity contribution in [2.75, 3.05) is 39.3 Å². The van der Waals surface area contributed by atoms with E-state index in [1.807, 2.05) is 23.1 Å². The van der Waals surface area contributed by atoms with Gasteiger partial charge in [0.2, 0.25) is 0 Å². The first-order valence-electron chi connectivity index (χ1n) is 7.96. The Hall–Kier alpha value is -1.58. The lowest BCUT2D eigenvalue weighted by molar-refractivity contribution is 0.0639. The van der Waals surface area contributed by atoms with Crippen molar-refractivity contribution in [2.45, 2.75) is 19.8 Å². The SMILES string of the molecule is CCCOc1ccc(C(=O)N2CCN(CCC#N)CC2)cc1Br. The summed E-state index contributed by atoms with van der Waals surface area (Å²) in [6.07, 6.45) is 1.49. The Morgan fingerprint density at radius 1 is 1.35 bits per heavy atom. The predicted molar refractivity (Wildman–Crippen MR) is 92.5 cm³/mol. The van der Waals surface area contributed by atoms with Crippen molar-refractivity contribution in [3.05, 3.63) is 28.2 Å². The van der Waals surface area contributed by atoms with E-state index in [0.717, 1.165) is 36.3 Å². The van der Waals surface area contributed by atoms with E-state index in [1.165, 1.54) is 0 Å². The van der Waals surface area contributed by atoms with Crippen LogP contribution < -0.4 is 4.74 Å². The molecule has 0 bridgehead atoms. The van der Waals surface area contributed by atoms with Gasteiger partial charge in [-0.1, -0.05) is 6.92 Å². The third kappa shape index (κ3) is 4.95. The number of nitriles is 1. The van der Waals surface area contributed by atoms with Gasteiger partial charge >= 0.3 is 0 Å². The van der Waals surface area contributed by atoms with Gasteiger partial charge in [-0.15, -0.1) is 0 Å². The van der Waals surface area contributed by atoms with Crippen molar-refractivity contribution >= 4 is 21.8 Å². The van der Waals surface area contributed by atoms with Crippen molar-refractivity contribution in [3.63, 3.8) is 0 Å². The van der Waals surface area contributed by atoms with E-state index in [-0.39, 0.29) is 5.91 Å². The lowest BCUT2D eigenvalue weighted by atomic mass is 10.1. The molecule has 1 aromatic rings. The summed E-state index contributed by atoms with van der Waals surface area (Å²) in [6, 6.07) is 7.65. The van der Waals surface area contributed by atoms with Gasteiger partial charge in [-0.05, 0) is 40.5 Å². The number of ether oxygens (including phenoxy) is 1. The van der Waals surface area contributed by atoms with Crippen LogP contribution in [0, 0.1) is 11.3 Å². The van der Waals surface area contributed by atoms with Gasteiger partial charge in [-0.25, -0.2) is 0 Å². The number of carbonyl (C=O) groups excluding carboxylic acids is 1. The van der Waals surface area contributed by atoms with Crippen LogP contribution in [0.2, 0.25) is 0 Å². The molecule has 1 aliphatic rings. The molecule has 23 heavy (non-hydrogen) atoms. The summed E-state index contributed by atoms with van der Waals surface area (Å²) in [4.78, 5) is 16.7. The highest BCUT2D eigenvalue weighted by Crippen LogP contribution is 2.27. The molecule has 2 rings (SSSR count). The minimum atomic E-state index is 0.0488. The highest BCUT2D eigenvalue weighted by Gasteiger charge is 2.22. The molecule has 1 saturated heterocycles. The normalized spacial score (nSPS) is 15.3. The third-order valence-corrected chi connectivity index (χ3v) is 4.46. The fraction of sp³-hybridized carbons (Fsp3) is 0.529. The average Bonchev–Trinajstić information content (AvgIpc) is 2.58. The first-order chi connectivity index (χ1) is 11.2. The predicted octanol–water partition coefficient (Wildman–Crippen LogP) is 2.91. The monoisotopic (exact) mass is 379 g/mol. The smallest absolute Gasteiger partial charge is 0.253 e. The maximum Gasteiger partial charge on any atom is 0.253 e. The number of amides is 1. The topological polar surface area (TPSA) is 56.6 Å². The number of rotatable bonds is 6. The van der Waals surface area contributed by atoms with Gasteiger partial charge in [0.05, 0.1) is 17.1 Å². The third-order valence-electron chi connectivity index (χ3n) is 3.84. The van der Waals surface area contributed by atoms with Crippen LogP contribution >= 0.6 is 15.9 Å². The highest BCUT2D eigenvalue weighted by atomic mass is 79.9. The van der Waals surface area contributed by atoms with Crippen LogP contribution in [0.4, 0.5) is 0 Å². The minimum Gasteiger partial charge on any atom is -0.492 e. The van der Waals surface area contributed by atoms with E-state index in [4.69, 9.17) is 10.00 Å². The summed E-state index contributed by atoms with van der Waals surface area (Å²) >= 11 is 3.47. The number of hydrogen-bond acceptors (Lipinski definition) is 4. The fourth-order valence-electron chi connectivity index (χ4n) is 2.53. The maximum absolute atomic E-state index is 12.6. The second-order valence-electron chi connectivity index (χ2n) is 5.54. The Morgan fingerprint density at radius 2 is 2.09 bits per heavy atom. The standard InChI is InChI=1S/C17H22BrN3O2/c1-2-12-23-16-5-4-14(13-15(16)18)17(22)21-10-8-20(9-11-21)7-3-6-19/h4-5,13H,2-3,7-12H2,1H3. The molecule has 0 saturated carbocycles. The van der Waals surface area contributed by atoms with Crippen LogP contribution in [0.1, 0.15) is 30.1 Å². The van der Waals surface area contributed by atoms with Crippen LogP contribution in [-0.4, -0.2) is 55.0 Å². The lowest BCUT2D eigenvalue weighted by Gasteiger charge is -2.34. The Kier molecular flexibility index (Phi) is 6.87. The summed E-state index contributed by atoms with van der Waals surface area (Å²) in [5.74, 6) is 0.817. The van der Waals surface area contributed by atoms with Gasteiger partial charge in [0.15, 0.2) is 0 Å². The summed E-state index contributed by atoms with van der Waals surface area (Å²) in [7, 11) is 0. The Bertz CT molecular complexity index is 578. The highest BCUT2D eigenvalue weighted by molar-refractivity contribution is 9.10. The Morgan fingerprint density at radius 3 is 2.70 bits per heavy atom. The first-order valence-corrected chi connectivity index (χ1v) is 8.76. The van der Waals surface area contributed by atoms with Crippen LogP contribution in [0.3, 0.4) is 0 Å². The molecule has 0 unspecified atom stereocenters. The second kappa shape index (κ2) is 8.90. The van der Waals surface area contributed by atoms with Crippen molar-refractivity contribution in [1.82, 2.24) is 9.80 Å². The molecule has 0 atom stereocenters. The number of halogens is 1. The van der Waals surface area contributed by atoms with Crippen LogP contribution in [0.15, 0.2) is 22.7 Å². The van der Waals surface area contributed by atoms with Gasteiger partial charge < -0.3 is 9.64 Å². The zero-order valence-corrected chi connectivity index (χ0v) is 15.0. The molecule has 0 aromatic heterocycles. The van der Waals surface area contributed by atoms with Gasteiger partial charge in [-0.2, -0.15) is 5.26 Å². The van der Waals surface area contributed by atoms with E-state index in [1.54, 1.807) is 0 Å². The van der Waals surface area contributed by atoms with Crippen molar-refractivity contribution in [2.24, 2.45) is 0 Å². The van der Waals surface area contributed by atoms with E-state index >= 15 is 0 Å². The molecule has 6 heteroatoms. The Labute approximate surface area is 145 Å². The van der Waals surface area contributed by atoms with E-state index < -0.39 is 0 Å². The molecule has 1 aromatic carbocycles. The zero-order valence-electron chi connectivity index (χ0n) is 13.4. The zero-order chi connectivity index (χ0) is 16.7. The summed E-state index contributed by atoms with van der Waals surface area (Å²) < 4.78 is 6.42. The molecule has 1 aliphatic heterocycles. The molecular formula is C17H22BrN3O2. The summed E-state index contributed by atoms with van der Waals surface area (Å²) in [6.45, 7) is 6.57. The minimum absolute atomic E-state index is 0.0488. The second-order valence-corrected chi connectivity index (χ2v) is 6.39. The number of piperazine rings is 1. The maximum atomic E-state index is 12.6. The summed E-state index contributed by atoms with van der Waals surface area (Å²) in [5, 5.41) is 8.63. The molecule has 1 amide bonds. The molecule has 0 aliphatic carbocycles. The molecule has 5 nitrogen and oxygen atoms in total. The van der Waals surface area contributed by atoms with Crippen LogP contribution in [0.25, 0.3) is 0 Å². The lowest BCUT2D eigenvalue weighted by Crippen LogP contribution is -2.48. The quantitative estimate of drug-likeness (QED) is 0.762. The molecule has 0 N–H and O–H groups in total. The van der Waals surface area contributed by atoms with Gasteiger partial charge in [0.1, 0.15) is 5.75 Å². The summed E-state index contributed by atoms with van der Waals surface area (Å²) in [5.41, 5.74) is 0.672. The molecule has 0 spiro atoms. The van der Waals surface area contributed by atoms with Gasteiger partial charge in [-0.3, -0.25) is 9.69 Å². The molecule has 1 heterocycles. The number of benzene rings is 1. The fourth-order valence-corrected chi connectivity index (χ4v) is 3.02. The van der Waals surface area contributed by atoms with Gasteiger partial charge in [0.25, 0.3) is 5.91 Å². The van der Waals surface area contributed by atoms with E-state index in [2.05, 4.69) is 33.8 Å².